The molecule has 1 aliphatic heterocycles. The van der Waals surface area contributed by atoms with E-state index in [1.165, 1.54) is 18.2 Å². The summed E-state index contributed by atoms with van der Waals surface area (Å²) in [7, 11) is -3.69. The predicted octanol–water partition coefficient (Wildman–Crippen LogP) is 3.43. The fourth-order valence-electron chi connectivity index (χ4n) is 2.83. The van der Waals surface area contributed by atoms with E-state index in [0.29, 0.717) is 17.7 Å². The highest BCUT2D eigenvalue weighted by atomic mass is 32.2. The van der Waals surface area contributed by atoms with E-state index in [-0.39, 0.29) is 17.1 Å². The van der Waals surface area contributed by atoms with Crippen molar-refractivity contribution in [2.45, 2.75) is 30.8 Å². The minimum absolute atomic E-state index is 0.0234. The average Bonchev–Trinajstić information content (AvgIpc) is 2.80. The zero-order valence-corrected chi connectivity index (χ0v) is 15.2. The first-order chi connectivity index (χ1) is 12.0. The van der Waals surface area contributed by atoms with Crippen molar-refractivity contribution >= 4 is 15.8 Å². The van der Waals surface area contributed by atoms with E-state index in [2.05, 4.69) is 0 Å². The van der Waals surface area contributed by atoms with Gasteiger partial charge in [-0.1, -0.05) is 0 Å². The molecule has 2 aromatic rings. The van der Waals surface area contributed by atoms with Gasteiger partial charge in [-0.15, -0.1) is 0 Å². The summed E-state index contributed by atoms with van der Waals surface area (Å²) in [6, 6.07) is 6.15. The van der Waals surface area contributed by atoms with Crippen molar-refractivity contribution in [3.05, 3.63) is 47.3 Å². The number of ether oxygens (including phenoxy) is 2. The van der Waals surface area contributed by atoms with Gasteiger partial charge in [0.25, 0.3) is 0 Å². The Labute approximate surface area is 150 Å². The lowest BCUT2D eigenvalue weighted by Crippen LogP contribution is -2.24. The number of hydrogen-bond acceptors (Lipinski definition) is 5. The molecule has 0 spiro atoms. The quantitative estimate of drug-likeness (QED) is 0.874. The Morgan fingerprint density at radius 3 is 2.54 bits per heavy atom. The third kappa shape index (κ3) is 3.50. The van der Waals surface area contributed by atoms with Crippen molar-refractivity contribution in [1.29, 1.82) is 0 Å². The number of carboxylic acids is 1. The van der Waals surface area contributed by atoms with E-state index in [0.717, 1.165) is 18.4 Å². The summed E-state index contributed by atoms with van der Waals surface area (Å²) in [5.74, 6) is -1.39. The van der Waals surface area contributed by atoms with Gasteiger partial charge in [0.1, 0.15) is 33.6 Å². The third-order valence-electron chi connectivity index (χ3n) is 3.93. The summed E-state index contributed by atoms with van der Waals surface area (Å²) in [5.41, 5.74) is 0.125. The lowest BCUT2D eigenvalue weighted by Gasteiger charge is -2.16. The van der Waals surface area contributed by atoms with Crippen LogP contribution in [-0.2, 0) is 16.3 Å². The SMILES string of the molecule is CC1(C)Cc2c(Oc3ccc(S(C)(=O)=O)c(F)c3)cc(C(=O)O)cc2O1. The molecule has 138 valence electrons. The first kappa shape index (κ1) is 18.2. The Hall–Kier alpha value is -2.61. The van der Waals surface area contributed by atoms with E-state index < -0.39 is 32.1 Å². The van der Waals surface area contributed by atoms with Crippen LogP contribution in [0.5, 0.6) is 17.2 Å². The summed E-state index contributed by atoms with van der Waals surface area (Å²) in [4.78, 5) is 10.9. The van der Waals surface area contributed by atoms with Crippen molar-refractivity contribution in [3.8, 4) is 17.2 Å². The smallest absolute Gasteiger partial charge is 0.335 e. The molecule has 0 atom stereocenters. The van der Waals surface area contributed by atoms with Crippen LogP contribution >= 0.6 is 0 Å². The summed E-state index contributed by atoms with van der Waals surface area (Å²) < 4.78 is 48.5. The maximum Gasteiger partial charge on any atom is 0.335 e. The molecule has 0 aliphatic carbocycles. The first-order valence-corrected chi connectivity index (χ1v) is 9.62. The monoisotopic (exact) mass is 380 g/mol. The molecule has 0 saturated heterocycles. The number of aromatic carboxylic acids is 1. The van der Waals surface area contributed by atoms with Gasteiger partial charge >= 0.3 is 5.97 Å². The number of benzene rings is 2. The highest BCUT2D eigenvalue weighted by molar-refractivity contribution is 7.90. The molecule has 0 bridgehead atoms. The second kappa shape index (κ2) is 5.98. The number of hydrogen-bond donors (Lipinski definition) is 1. The van der Waals surface area contributed by atoms with Gasteiger partial charge in [0, 0.05) is 24.3 Å². The fourth-order valence-corrected chi connectivity index (χ4v) is 3.56. The van der Waals surface area contributed by atoms with E-state index in [1.54, 1.807) is 0 Å². The Kier molecular flexibility index (Phi) is 4.18. The van der Waals surface area contributed by atoms with Gasteiger partial charge in [-0.2, -0.15) is 0 Å². The number of rotatable bonds is 4. The molecule has 0 unspecified atom stereocenters. The molecule has 1 N–H and O–H groups in total. The molecule has 1 heterocycles. The zero-order chi connectivity index (χ0) is 19.3. The second-order valence-electron chi connectivity index (χ2n) is 6.76. The standard InChI is InChI=1S/C18H17FO6S/c1-18(2)9-12-14(6-10(17(20)21)7-15(12)25-18)24-11-4-5-16(13(19)8-11)26(3,22)23/h4-8H,9H2,1-3H3,(H,20,21). The van der Waals surface area contributed by atoms with Gasteiger partial charge in [0.2, 0.25) is 0 Å². The number of halogens is 1. The van der Waals surface area contributed by atoms with E-state index in [1.807, 2.05) is 13.8 Å². The number of carbonyl (C=O) groups is 1. The number of carboxylic acid groups (broad SMARTS) is 1. The molecule has 0 fully saturated rings. The third-order valence-corrected chi connectivity index (χ3v) is 5.06. The van der Waals surface area contributed by atoms with Crippen LogP contribution in [0.15, 0.2) is 35.2 Å². The van der Waals surface area contributed by atoms with Crippen molar-refractivity contribution in [2.75, 3.05) is 6.26 Å². The lowest BCUT2D eigenvalue weighted by molar-refractivity contribution is 0.0695. The van der Waals surface area contributed by atoms with E-state index >= 15 is 0 Å². The van der Waals surface area contributed by atoms with Gasteiger partial charge in [-0.3, -0.25) is 0 Å². The maximum absolute atomic E-state index is 14.1. The topological polar surface area (TPSA) is 89.9 Å². The molecule has 3 rings (SSSR count). The van der Waals surface area contributed by atoms with Crippen LogP contribution in [0.4, 0.5) is 4.39 Å². The van der Waals surface area contributed by atoms with Crippen LogP contribution in [0, 0.1) is 5.82 Å². The van der Waals surface area contributed by atoms with Crippen LogP contribution < -0.4 is 9.47 Å². The molecule has 1 aliphatic rings. The van der Waals surface area contributed by atoms with Gasteiger partial charge in [-0.05, 0) is 38.1 Å². The van der Waals surface area contributed by atoms with Gasteiger partial charge in [-0.25, -0.2) is 17.6 Å². The van der Waals surface area contributed by atoms with E-state index in [4.69, 9.17) is 9.47 Å². The van der Waals surface area contributed by atoms with Crippen LogP contribution in [0.25, 0.3) is 0 Å². The lowest BCUT2D eigenvalue weighted by atomic mass is 10.00. The summed E-state index contributed by atoms with van der Waals surface area (Å²) in [6.07, 6.45) is 1.40. The number of sulfone groups is 1. The molecule has 8 heteroatoms. The molecule has 2 aromatic carbocycles. The van der Waals surface area contributed by atoms with Crippen LogP contribution in [0.1, 0.15) is 29.8 Å². The summed E-state index contributed by atoms with van der Waals surface area (Å²) >= 11 is 0. The molecular formula is C18H17FO6S. The van der Waals surface area contributed by atoms with Crippen molar-refractivity contribution in [1.82, 2.24) is 0 Å². The average molecular weight is 380 g/mol. The van der Waals surface area contributed by atoms with Crippen molar-refractivity contribution in [2.24, 2.45) is 0 Å². The largest absolute Gasteiger partial charge is 0.487 e. The molecule has 0 saturated carbocycles. The van der Waals surface area contributed by atoms with Crippen molar-refractivity contribution < 1.29 is 32.2 Å². The fraction of sp³-hybridized carbons (Fsp3) is 0.278. The predicted molar refractivity (Wildman–Crippen MR) is 91.4 cm³/mol. The molecule has 0 amide bonds. The molecule has 26 heavy (non-hydrogen) atoms. The Morgan fingerprint density at radius 1 is 1.27 bits per heavy atom. The summed E-state index contributed by atoms with van der Waals surface area (Å²) in [5, 5.41) is 9.27. The Balaban J connectivity index is 2.03. The van der Waals surface area contributed by atoms with E-state index in [9.17, 15) is 22.7 Å². The second-order valence-corrected chi connectivity index (χ2v) is 8.75. The molecule has 0 aromatic heterocycles. The highest BCUT2D eigenvalue weighted by Gasteiger charge is 2.34. The minimum atomic E-state index is -3.69. The first-order valence-electron chi connectivity index (χ1n) is 7.73. The molecule has 6 nitrogen and oxygen atoms in total. The minimum Gasteiger partial charge on any atom is -0.487 e. The molecule has 0 radical (unpaired) electrons. The van der Waals surface area contributed by atoms with Crippen LogP contribution in [-0.4, -0.2) is 31.4 Å². The van der Waals surface area contributed by atoms with Gasteiger partial charge in [0.05, 0.1) is 5.56 Å². The normalized spacial score (nSPS) is 15.2. The van der Waals surface area contributed by atoms with Gasteiger partial charge in [0.15, 0.2) is 9.84 Å². The maximum atomic E-state index is 14.1. The molecular weight excluding hydrogens is 363 g/mol. The Morgan fingerprint density at radius 2 is 1.96 bits per heavy atom. The van der Waals surface area contributed by atoms with Crippen molar-refractivity contribution in [3.63, 3.8) is 0 Å². The highest BCUT2D eigenvalue weighted by Crippen LogP contribution is 2.43. The van der Waals surface area contributed by atoms with Gasteiger partial charge < -0.3 is 14.6 Å². The Bertz CT molecular complexity index is 1010. The van der Waals surface area contributed by atoms with Crippen LogP contribution in [0.2, 0.25) is 0 Å². The van der Waals surface area contributed by atoms with Crippen LogP contribution in [0.3, 0.4) is 0 Å². The summed E-state index contributed by atoms with van der Waals surface area (Å²) in [6.45, 7) is 3.72. The number of fused-ring (bicyclic) bond motifs is 1. The zero-order valence-electron chi connectivity index (χ0n) is 14.4.